The van der Waals surface area contributed by atoms with Crippen molar-refractivity contribution in [2.75, 3.05) is 26.5 Å². The molecule has 1 fully saturated rings. The number of rotatable bonds is 5. The van der Waals surface area contributed by atoms with Crippen LogP contribution in [0.25, 0.3) is 0 Å². The van der Waals surface area contributed by atoms with Gasteiger partial charge in [0.2, 0.25) is 6.79 Å². The number of ether oxygens (including phenoxy) is 3. The molecule has 0 aliphatic carbocycles. The highest BCUT2D eigenvalue weighted by Crippen LogP contribution is 2.32. The van der Waals surface area contributed by atoms with Gasteiger partial charge in [-0.2, -0.15) is 0 Å². The molecule has 1 atom stereocenters. The molecule has 34 heavy (non-hydrogen) atoms. The third-order valence-corrected chi connectivity index (χ3v) is 5.92. The van der Waals surface area contributed by atoms with E-state index >= 15 is 0 Å². The number of hydrogen-bond acceptors (Lipinski definition) is 8. The molecular weight excluding hydrogens is 448 g/mol. The van der Waals surface area contributed by atoms with Gasteiger partial charge in [0.15, 0.2) is 11.5 Å². The van der Waals surface area contributed by atoms with Gasteiger partial charge in [0, 0.05) is 31.1 Å². The van der Waals surface area contributed by atoms with Crippen molar-refractivity contribution in [1.29, 1.82) is 0 Å². The Balaban J connectivity index is 0.000000163. The summed E-state index contributed by atoms with van der Waals surface area (Å²) in [6.07, 6.45) is 3.72. The average Bonchev–Trinajstić information content (AvgIpc) is 3.68. The number of thiophene rings is 1. The first-order chi connectivity index (χ1) is 16.7. The molecular formula is C26H38N4O3S. The third kappa shape index (κ3) is 10.6. The standard InChI is InChI=1S/C8H9NO2.C8H11N.C5H11NO.C5H7NS/c9-4-6-1-2-7-8(3-6)11-5-10-7;9-7-6-8-4-2-1-3-5-8;2*6-4-5-2-1-3-7-5/h1-3H,4-5,9H2;1-5H,6-7,9H2;5H,1-4,6H2;1-3H,4,6H2. The molecule has 0 bridgehead atoms. The fourth-order valence-electron chi connectivity index (χ4n) is 3.14. The summed E-state index contributed by atoms with van der Waals surface area (Å²) in [5.41, 5.74) is 23.8. The summed E-state index contributed by atoms with van der Waals surface area (Å²) in [6.45, 7) is 3.89. The topological polar surface area (TPSA) is 132 Å². The van der Waals surface area contributed by atoms with Crippen molar-refractivity contribution < 1.29 is 14.2 Å². The first-order valence-corrected chi connectivity index (χ1v) is 12.4. The van der Waals surface area contributed by atoms with E-state index in [1.54, 1.807) is 11.3 Å². The highest BCUT2D eigenvalue weighted by atomic mass is 32.1. The molecule has 2 aliphatic heterocycles. The van der Waals surface area contributed by atoms with Gasteiger partial charge in [0.1, 0.15) is 0 Å². The third-order valence-electron chi connectivity index (χ3n) is 5.02. The molecule has 2 aromatic carbocycles. The molecule has 5 rings (SSSR count). The van der Waals surface area contributed by atoms with Gasteiger partial charge < -0.3 is 37.1 Å². The predicted molar refractivity (Wildman–Crippen MR) is 140 cm³/mol. The predicted octanol–water partition coefficient (Wildman–Crippen LogP) is 3.39. The zero-order chi connectivity index (χ0) is 24.4. The van der Waals surface area contributed by atoms with Crippen LogP contribution in [-0.4, -0.2) is 32.6 Å². The van der Waals surface area contributed by atoms with Crippen molar-refractivity contribution in [3.63, 3.8) is 0 Å². The Bertz CT molecular complexity index is 888. The van der Waals surface area contributed by atoms with Gasteiger partial charge in [0.05, 0.1) is 6.10 Å². The smallest absolute Gasteiger partial charge is 0.231 e. The number of benzene rings is 2. The molecule has 2 aliphatic rings. The van der Waals surface area contributed by atoms with Crippen LogP contribution in [0.3, 0.4) is 0 Å². The SMILES string of the molecule is NCC1CCCO1.NCCc1ccccc1.NCc1ccc2c(c1)OCO2.NCc1cccs1. The molecule has 3 heterocycles. The van der Waals surface area contributed by atoms with E-state index < -0.39 is 0 Å². The van der Waals surface area contributed by atoms with E-state index in [0.717, 1.165) is 43.1 Å². The van der Waals surface area contributed by atoms with Gasteiger partial charge in [-0.15, -0.1) is 11.3 Å². The molecule has 8 heteroatoms. The Kier molecular flexibility index (Phi) is 13.9. The van der Waals surface area contributed by atoms with Crippen molar-refractivity contribution in [3.8, 4) is 11.5 Å². The van der Waals surface area contributed by atoms with E-state index in [0.29, 0.717) is 32.5 Å². The summed E-state index contributed by atoms with van der Waals surface area (Å²) in [5, 5.41) is 2.03. The van der Waals surface area contributed by atoms with E-state index in [2.05, 4.69) is 12.1 Å². The first-order valence-electron chi connectivity index (χ1n) is 11.6. The normalized spacial score (nSPS) is 15.2. The van der Waals surface area contributed by atoms with Gasteiger partial charge in [-0.25, -0.2) is 0 Å². The summed E-state index contributed by atoms with van der Waals surface area (Å²) >= 11 is 1.70. The zero-order valence-corrected chi connectivity index (χ0v) is 20.6. The first kappa shape index (κ1) is 27.8. The van der Waals surface area contributed by atoms with Crippen LogP contribution in [0, 0.1) is 0 Å². The van der Waals surface area contributed by atoms with Gasteiger partial charge in [0.25, 0.3) is 0 Å². The van der Waals surface area contributed by atoms with Crippen molar-refractivity contribution in [3.05, 3.63) is 82.0 Å². The molecule has 1 saturated heterocycles. The quantitative estimate of drug-likeness (QED) is 0.434. The monoisotopic (exact) mass is 486 g/mol. The maximum atomic E-state index is 5.45. The molecule has 0 saturated carbocycles. The van der Waals surface area contributed by atoms with Crippen molar-refractivity contribution in [2.24, 2.45) is 22.9 Å². The van der Waals surface area contributed by atoms with E-state index in [-0.39, 0.29) is 0 Å². The lowest BCUT2D eigenvalue weighted by atomic mass is 10.2. The summed E-state index contributed by atoms with van der Waals surface area (Å²) in [6, 6.07) is 20.0. The van der Waals surface area contributed by atoms with E-state index in [1.807, 2.05) is 53.9 Å². The lowest BCUT2D eigenvalue weighted by molar-refractivity contribution is 0.117. The van der Waals surface area contributed by atoms with Crippen LogP contribution in [-0.2, 0) is 24.2 Å². The Labute approximate surface area is 207 Å². The molecule has 0 spiro atoms. The van der Waals surface area contributed by atoms with Gasteiger partial charge in [-0.1, -0.05) is 42.5 Å². The Morgan fingerprint density at radius 3 is 2.15 bits per heavy atom. The minimum absolute atomic E-state index is 0.323. The molecule has 186 valence electrons. The van der Waals surface area contributed by atoms with Crippen molar-refractivity contribution in [1.82, 2.24) is 0 Å². The van der Waals surface area contributed by atoms with Crippen LogP contribution in [0.15, 0.2) is 66.0 Å². The minimum Gasteiger partial charge on any atom is -0.454 e. The molecule has 0 radical (unpaired) electrons. The van der Waals surface area contributed by atoms with Crippen LogP contribution >= 0.6 is 11.3 Å². The summed E-state index contributed by atoms with van der Waals surface area (Å²) < 4.78 is 15.5. The molecule has 3 aromatic rings. The maximum Gasteiger partial charge on any atom is 0.231 e. The maximum absolute atomic E-state index is 5.45. The molecule has 1 aromatic heterocycles. The van der Waals surface area contributed by atoms with Crippen LogP contribution in [0.5, 0.6) is 11.5 Å². The zero-order valence-electron chi connectivity index (χ0n) is 19.7. The van der Waals surface area contributed by atoms with Crippen molar-refractivity contribution >= 4 is 11.3 Å². The van der Waals surface area contributed by atoms with E-state index in [4.69, 9.17) is 37.1 Å². The van der Waals surface area contributed by atoms with Crippen molar-refractivity contribution in [2.45, 2.75) is 38.5 Å². The summed E-state index contributed by atoms with van der Waals surface area (Å²) in [7, 11) is 0. The second-order valence-corrected chi connectivity index (χ2v) is 8.60. The van der Waals surface area contributed by atoms with Crippen LogP contribution in [0.1, 0.15) is 28.8 Å². The Hall–Kier alpha value is -2.46. The average molecular weight is 487 g/mol. The van der Waals surface area contributed by atoms with Gasteiger partial charge in [-0.05, 0) is 60.5 Å². The number of nitrogens with two attached hydrogens (primary N) is 4. The van der Waals surface area contributed by atoms with E-state index in [1.165, 1.54) is 16.9 Å². The lowest BCUT2D eigenvalue weighted by Gasteiger charge is -2.01. The number of fused-ring (bicyclic) bond motifs is 1. The second kappa shape index (κ2) is 17.0. The highest BCUT2D eigenvalue weighted by Gasteiger charge is 2.12. The lowest BCUT2D eigenvalue weighted by Crippen LogP contribution is -2.17. The highest BCUT2D eigenvalue weighted by molar-refractivity contribution is 7.09. The molecule has 1 unspecified atom stereocenters. The second-order valence-electron chi connectivity index (χ2n) is 7.57. The number of hydrogen-bond donors (Lipinski definition) is 4. The fraction of sp³-hybridized carbons (Fsp3) is 0.385. The largest absolute Gasteiger partial charge is 0.454 e. The van der Waals surface area contributed by atoms with Gasteiger partial charge >= 0.3 is 0 Å². The van der Waals surface area contributed by atoms with Gasteiger partial charge in [-0.3, -0.25) is 0 Å². The molecule has 8 N–H and O–H groups in total. The molecule has 0 amide bonds. The minimum atomic E-state index is 0.323. The molecule has 7 nitrogen and oxygen atoms in total. The fourth-order valence-corrected chi connectivity index (χ4v) is 3.72. The van der Waals surface area contributed by atoms with Crippen LogP contribution in [0.2, 0.25) is 0 Å². The van der Waals surface area contributed by atoms with E-state index in [9.17, 15) is 0 Å². The summed E-state index contributed by atoms with van der Waals surface area (Å²) in [4.78, 5) is 1.25. The van der Waals surface area contributed by atoms with Crippen LogP contribution in [0.4, 0.5) is 0 Å². The Morgan fingerprint density at radius 1 is 0.824 bits per heavy atom. The Morgan fingerprint density at radius 2 is 1.62 bits per heavy atom. The summed E-state index contributed by atoms with van der Waals surface area (Å²) in [5.74, 6) is 1.61. The van der Waals surface area contributed by atoms with Crippen LogP contribution < -0.4 is 32.4 Å².